The van der Waals surface area contributed by atoms with Crippen LogP contribution in [0, 0.1) is 6.92 Å². The first kappa shape index (κ1) is 10.8. The van der Waals surface area contributed by atoms with Crippen LogP contribution in [0.2, 0.25) is 0 Å². The number of hydrogen-bond acceptors (Lipinski definition) is 1. The molecule has 1 heterocycles. The predicted molar refractivity (Wildman–Crippen MR) is 58.9 cm³/mol. The van der Waals surface area contributed by atoms with Gasteiger partial charge in [-0.2, -0.15) is 0 Å². The average molecular weight is 223 g/mol. The zero-order valence-electron chi connectivity index (χ0n) is 8.78. The molecule has 0 radical (unpaired) electrons. The Labute approximate surface area is 91.1 Å². The van der Waals surface area contributed by atoms with Crippen molar-refractivity contribution in [1.82, 2.24) is 4.57 Å². The van der Waals surface area contributed by atoms with Gasteiger partial charge in [0.2, 0.25) is 0 Å². The Morgan fingerprint density at radius 2 is 2.00 bits per heavy atom. The number of pyridine rings is 1. The van der Waals surface area contributed by atoms with Gasteiger partial charge in [-0.15, -0.1) is 0 Å². The van der Waals surface area contributed by atoms with Crippen molar-refractivity contribution in [1.29, 1.82) is 0 Å². The third-order valence-electron chi connectivity index (χ3n) is 2.57. The lowest BCUT2D eigenvalue weighted by molar-refractivity contribution is 0.125. The number of alkyl halides is 2. The van der Waals surface area contributed by atoms with Gasteiger partial charge >= 0.3 is 0 Å². The lowest BCUT2D eigenvalue weighted by Crippen LogP contribution is -2.22. The predicted octanol–water partition coefficient (Wildman–Crippen LogP) is 2.58. The molecule has 2 nitrogen and oxygen atoms in total. The summed E-state index contributed by atoms with van der Waals surface area (Å²) in [5.41, 5.74) is 0.611. The van der Waals surface area contributed by atoms with Crippen molar-refractivity contribution in [3.63, 3.8) is 0 Å². The van der Waals surface area contributed by atoms with E-state index < -0.39 is 13.0 Å². The molecule has 0 N–H and O–H groups in total. The van der Waals surface area contributed by atoms with Gasteiger partial charge in [-0.3, -0.25) is 4.79 Å². The highest BCUT2D eigenvalue weighted by Crippen LogP contribution is 2.14. The van der Waals surface area contributed by atoms with Crippen LogP contribution >= 0.6 is 0 Å². The molecule has 0 atom stereocenters. The van der Waals surface area contributed by atoms with E-state index in [1.54, 1.807) is 18.2 Å². The van der Waals surface area contributed by atoms with E-state index in [1.807, 2.05) is 13.0 Å². The van der Waals surface area contributed by atoms with E-state index in [0.717, 1.165) is 15.5 Å². The molecule has 16 heavy (non-hydrogen) atoms. The Balaban J connectivity index is 2.66. The third kappa shape index (κ3) is 1.83. The van der Waals surface area contributed by atoms with Gasteiger partial charge in [-0.25, -0.2) is 8.78 Å². The zero-order chi connectivity index (χ0) is 11.7. The van der Waals surface area contributed by atoms with Crippen LogP contribution in [0.15, 0.2) is 35.3 Å². The van der Waals surface area contributed by atoms with Crippen molar-refractivity contribution in [2.75, 3.05) is 0 Å². The highest BCUT2D eigenvalue weighted by atomic mass is 19.3. The van der Waals surface area contributed by atoms with Crippen molar-refractivity contribution >= 4 is 10.8 Å². The summed E-state index contributed by atoms with van der Waals surface area (Å²) in [7, 11) is 0. The van der Waals surface area contributed by atoms with Crippen LogP contribution in [-0.4, -0.2) is 11.0 Å². The zero-order valence-corrected chi connectivity index (χ0v) is 8.78. The van der Waals surface area contributed by atoms with Crippen molar-refractivity contribution in [3.8, 4) is 0 Å². The second-order valence-electron chi connectivity index (χ2n) is 3.70. The fourth-order valence-electron chi connectivity index (χ4n) is 1.77. The molecular formula is C12H11F2NO. The van der Waals surface area contributed by atoms with Crippen LogP contribution in [-0.2, 0) is 6.54 Å². The Kier molecular flexibility index (Phi) is 2.73. The Bertz CT molecular complexity index is 575. The van der Waals surface area contributed by atoms with Crippen LogP contribution in [0.25, 0.3) is 10.8 Å². The topological polar surface area (TPSA) is 22.0 Å². The fourth-order valence-corrected chi connectivity index (χ4v) is 1.77. The summed E-state index contributed by atoms with van der Waals surface area (Å²) in [4.78, 5) is 11.8. The number of aryl methyl sites for hydroxylation is 1. The first-order valence-corrected chi connectivity index (χ1v) is 4.96. The molecule has 0 fully saturated rings. The van der Waals surface area contributed by atoms with Gasteiger partial charge in [0.1, 0.15) is 0 Å². The SMILES string of the molecule is Cc1cccc2c(=O)n(CC(F)F)ccc12. The lowest BCUT2D eigenvalue weighted by atomic mass is 10.1. The summed E-state index contributed by atoms with van der Waals surface area (Å²) in [5.74, 6) is 0. The first-order chi connectivity index (χ1) is 7.59. The molecule has 0 bridgehead atoms. The molecule has 0 aliphatic heterocycles. The van der Waals surface area contributed by atoms with Gasteiger partial charge in [-0.1, -0.05) is 12.1 Å². The van der Waals surface area contributed by atoms with E-state index in [0.29, 0.717) is 5.39 Å². The number of hydrogen-bond donors (Lipinski definition) is 0. The van der Waals surface area contributed by atoms with Gasteiger partial charge in [0.05, 0.1) is 6.54 Å². The van der Waals surface area contributed by atoms with E-state index in [1.165, 1.54) is 6.20 Å². The van der Waals surface area contributed by atoms with Crippen LogP contribution < -0.4 is 5.56 Å². The van der Waals surface area contributed by atoms with E-state index in [4.69, 9.17) is 0 Å². The standard InChI is InChI=1S/C12H11F2NO/c1-8-3-2-4-10-9(8)5-6-15(12(10)16)7-11(13)14/h2-6,11H,7H2,1H3. The van der Waals surface area contributed by atoms with Crippen LogP contribution in [0.1, 0.15) is 5.56 Å². The highest BCUT2D eigenvalue weighted by molar-refractivity contribution is 5.84. The van der Waals surface area contributed by atoms with E-state index >= 15 is 0 Å². The first-order valence-electron chi connectivity index (χ1n) is 4.96. The monoisotopic (exact) mass is 223 g/mol. The molecule has 0 unspecified atom stereocenters. The normalized spacial score (nSPS) is 11.2. The van der Waals surface area contributed by atoms with Gasteiger partial charge in [0, 0.05) is 11.6 Å². The number of benzene rings is 1. The largest absolute Gasteiger partial charge is 0.309 e. The average Bonchev–Trinajstić information content (AvgIpc) is 2.23. The number of halogens is 2. The molecule has 4 heteroatoms. The molecule has 0 aliphatic rings. The second-order valence-corrected chi connectivity index (χ2v) is 3.70. The third-order valence-corrected chi connectivity index (χ3v) is 2.57. The minimum atomic E-state index is -2.51. The van der Waals surface area contributed by atoms with Gasteiger partial charge < -0.3 is 4.57 Å². The Morgan fingerprint density at radius 1 is 1.25 bits per heavy atom. The molecule has 84 valence electrons. The summed E-state index contributed by atoms with van der Waals surface area (Å²) >= 11 is 0. The maximum Gasteiger partial charge on any atom is 0.258 e. The second kappa shape index (κ2) is 4.04. The molecule has 2 aromatic rings. The Morgan fingerprint density at radius 3 is 2.69 bits per heavy atom. The minimum absolute atomic E-state index is 0.360. The summed E-state index contributed by atoms with van der Waals surface area (Å²) in [5, 5.41) is 1.31. The minimum Gasteiger partial charge on any atom is -0.309 e. The lowest BCUT2D eigenvalue weighted by Gasteiger charge is -2.07. The van der Waals surface area contributed by atoms with Crippen molar-refractivity contribution in [3.05, 3.63) is 46.4 Å². The Hall–Kier alpha value is -1.71. The molecule has 0 saturated heterocycles. The van der Waals surface area contributed by atoms with Gasteiger partial charge in [-0.05, 0) is 30.0 Å². The van der Waals surface area contributed by atoms with Crippen LogP contribution in [0.3, 0.4) is 0 Å². The molecule has 1 aromatic heterocycles. The number of nitrogens with zero attached hydrogens (tertiary/aromatic N) is 1. The number of fused-ring (bicyclic) bond motifs is 1. The number of aromatic nitrogens is 1. The summed E-state index contributed by atoms with van der Waals surface area (Å²) in [6.45, 7) is 1.34. The van der Waals surface area contributed by atoms with Gasteiger partial charge in [0.25, 0.3) is 12.0 Å². The smallest absolute Gasteiger partial charge is 0.258 e. The molecule has 0 saturated carbocycles. The van der Waals surface area contributed by atoms with Crippen molar-refractivity contribution < 1.29 is 8.78 Å². The van der Waals surface area contributed by atoms with E-state index in [-0.39, 0.29) is 5.56 Å². The van der Waals surface area contributed by atoms with Crippen molar-refractivity contribution in [2.45, 2.75) is 19.9 Å². The fraction of sp³-hybridized carbons (Fsp3) is 0.250. The molecule has 0 amide bonds. The van der Waals surface area contributed by atoms with Crippen LogP contribution in [0.5, 0.6) is 0 Å². The number of rotatable bonds is 2. The van der Waals surface area contributed by atoms with Crippen molar-refractivity contribution in [2.24, 2.45) is 0 Å². The highest BCUT2D eigenvalue weighted by Gasteiger charge is 2.08. The maximum absolute atomic E-state index is 12.2. The molecule has 0 spiro atoms. The summed E-state index contributed by atoms with van der Waals surface area (Å²) < 4.78 is 25.5. The summed E-state index contributed by atoms with van der Waals surface area (Å²) in [6, 6.07) is 7.01. The molecule has 2 rings (SSSR count). The van der Waals surface area contributed by atoms with Crippen LogP contribution in [0.4, 0.5) is 8.78 Å². The van der Waals surface area contributed by atoms with E-state index in [9.17, 15) is 13.6 Å². The quantitative estimate of drug-likeness (QED) is 0.767. The molecule has 1 aromatic carbocycles. The maximum atomic E-state index is 12.2. The van der Waals surface area contributed by atoms with E-state index in [2.05, 4.69) is 0 Å². The summed E-state index contributed by atoms with van der Waals surface area (Å²) in [6.07, 6.45) is -1.09. The molecular weight excluding hydrogens is 212 g/mol. The van der Waals surface area contributed by atoms with Gasteiger partial charge in [0.15, 0.2) is 0 Å². The molecule has 0 aliphatic carbocycles.